The van der Waals surface area contributed by atoms with E-state index in [0.717, 1.165) is 30.8 Å². The lowest BCUT2D eigenvalue weighted by Gasteiger charge is -2.18. The van der Waals surface area contributed by atoms with Gasteiger partial charge in [0.05, 0.1) is 17.2 Å². The van der Waals surface area contributed by atoms with Crippen LogP contribution in [-0.2, 0) is 11.3 Å². The number of hydrogen-bond donors (Lipinski definition) is 1. The van der Waals surface area contributed by atoms with Crippen LogP contribution in [0.15, 0.2) is 48.2 Å². The Morgan fingerprint density at radius 1 is 1.10 bits per heavy atom. The minimum atomic E-state index is -0.598. The molecule has 2 saturated heterocycles. The second-order valence-corrected chi connectivity index (χ2v) is 7.21. The van der Waals surface area contributed by atoms with Gasteiger partial charge in [0.15, 0.2) is 0 Å². The monoisotopic (exact) mass is 410 g/mol. The van der Waals surface area contributed by atoms with Crippen molar-refractivity contribution in [1.29, 1.82) is 0 Å². The standard InChI is InChI=1S/C21H19FN4O4/c22-17-11-15(5-8-19(17)24-9-1-2-10-24)12-18-20(27)25(21(28)23-18)13-14-3-6-16(7-4-14)26(29)30/h3-8,11-12H,1-2,9-10,13H2,(H,23,28). The van der Waals surface area contributed by atoms with E-state index in [4.69, 9.17) is 0 Å². The van der Waals surface area contributed by atoms with Crippen molar-refractivity contribution >= 4 is 29.4 Å². The molecule has 2 aromatic rings. The van der Waals surface area contributed by atoms with Gasteiger partial charge in [-0.15, -0.1) is 0 Å². The van der Waals surface area contributed by atoms with Crippen LogP contribution in [0.3, 0.4) is 0 Å². The van der Waals surface area contributed by atoms with Crippen molar-refractivity contribution in [1.82, 2.24) is 10.2 Å². The largest absolute Gasteiger partial charge is 0.369 e. The Morgan fingerprint density at radius 3 is 2.43 bits per heavy atom. The number of rotatable bonds is 5. The van der Waals surface area contributed by atoms with Crippen molar-refractivity contribution < 1.29 is 18.9 Å². The van der Waals surface area contributed by atoms with Crippen LogP contribution >= 0.6 is 0 Å². The zero-order chi connectivity index (χ0) is 21.3. The molecule has 1 N–H and O–H groups in total. The number of imide groups is 1. The van der Waals surface area contributed by atoms with Crippen molar-refractivity contribution in [2.24, 2.45) is 0 Å². The van der Waals surface area contributed by atoms with Crippen LogP contribution < -0.4 is 10.2 Å². The molecule has 2 aromatic carbocycles. The van der Waals surface area contributed by atoms with E-state index in [0.29, 0.717) is 16.8 Å². The number of nitrogens with zero attached hydrogens (tertiary/aromatic N) is 3. The van der Waals surface area contributed by atoms with Gasteiger partial charge in [-0.3, -0.25) is 19.8 Å². The van der Waals surface area contributed by atoms with Crippen LogP contribution in [0.5, 0.6) is 0 Å². The van der Waals surface area contributed by atoms with E-state index < -0.39 is 16.9 Å². The maximum Gasteiger partial charge on any atom is 0.329 e. The van der Waals surface area contributed by atoms with Crippen LogP contribution in [0.25, 0.3) is 6.08 Å². The fourth-order valence-electron chi connectivity index (χ4n) is 3.61. The number of amides is 3. The summed E-state index contributed by atoms with van der Waals surface area (Å²) in [7, 11) is 0. The molecule has 2 aliphatic heterocycles. The zero-order valence-electron chi connectivity index (χ0n) is 16.0. The van der Waals surface area contributed by atoms with E-state index in [-0.39, 0.29) is 23.7 Å². The number of nitro benzene ring substituents is 1. The maximum absolute atomic E-state index is 14.5. The van der Waals surface area contributed by atoms with E-state index >= 15 is 0 Å². The molecule has 2 fully saturated rings. The van der Waals surface area contributed by atoms with Gasteiger partial charge in [0.1, 0.15) is 11.5 Å². The van der Waals surface area contributed by atoms with Crippen LogP contribution in [0, 0.1) is 15.9 Å². The molecule has 30 heavy (non-hydrogen) atoms. The molecule has 0 saturated carbocycles. The quantitative estimate of drug-likeness (QED) is 0.353. The normalized spacial score (nSPS) is 17.7. The number of carbonyl (C=O) groups excluding carboxylic acids is 2. The van der Waals surface area contributed by atoms with Gasteiger partial charge in [-0.2, -0.15) is 0 Å². The molecule has 2 heterocycles. The van der Waals surface area contributed by atoms with Crippen molar-refractivity contribution in [3.05, 3.63) is 75.2 Å². The Labute approximate surface area is 171 Å². The number of anilines is 1. The number of non-ortho nitro benzene ring substituents is 1. The lowest BCUT2D eigenvalue weighted by molar-refractivity contribution is -0.384. The van der Waals surface area contributed by atoms with Crippen LogP contribution in [-0.4, -0.2) is 34.9 Å². The molecule has 0 radical (unpaired) electrons. The Morgan fingerprint density at radius 2 is 1.80 bits per heavy atom. The van der Waals surface area contributed by atoms with E-state index in [1.807, 2.05) is 4.90 Å². The van der Waals surface area contributed by atoms with Gasteiger partial charge in [-0.05, 0) is 42.2 Å². The topological polar surface area (TPSA) is 95.8 Å². The maximum atomic E-state index is 14.5. The third-order valence-corrected chi connectivity index (χ3v) is 5.18. The summed E-state index contributed by atoms with van der Waals surface area (Å²) in [5, 5.41) is 13.2. The minimum Gasteiger partial charge on any atom is -0.369 e. The van der Waals surface area contributed by atoms with Crippen molar-refractivity contribution in [3.8, 4) is 0 Å². The van der Waals surface area contributed by atoms with Gasteiger partial charge in [-0.25, -0.2) is 9.18 Å². The Balaban J connectivity index is 1.49. The first-order valence-electron chi connectivity index (χ1n) is 9.55. The third kappa shape index (κ3) is 3.86. The molecular weight excluding hydrogens is 391 g/mol. The summed E-state index contributed by atoms with van der Waals surface area (Å²) in [6.45, 7) is 1.62. The van der Waals surface area contributed by atoms with Gasteiger partial charge in [0.25, 0.3) is 11.6 Å². The molecule has 0 bridgehead atoms. The second-order valence-electron chi connectivity index (χ2n) is 7.21. The minimum absolute atomic E-state index is 0.0255. The first-order valence-corrected chi connectivity index (χ1v) is 9.55. The molecule has 0 unspecified atom stereocenters. The van der Waals surface area contributed by atoms with Gasteiger partial charge < -0.3 is 10.2 Å². The molecule has 0 aromatic heterocycles. The summed E-state index contributed by atoms with van der Waals surface area (Å²) < 4.78 is 14.5. The molecular formula is C21H19FN4O4. The number of hydrogen-bond acceptors (Lipinski definition) is 5. The molecule has 0 atom stereocenters. The molecule has 0 aliphatic carbocycles. The molecule has 0 spiro atoms. The summed E-state index contributed by atoms with van der Waals surface area (Å²) in [6.07, 6.45) is 3.51. The van der Waals surface area contributed by atoms with Gasteiger partial charge in [0.2, 0.25) is 0 Å². The highest BCUT2D eigenvalue weighted by atomic mass is 19.1. The number of urea groups is 1. The zero-order valence-corrected chi connectivity index (χ0v) is 16.0. The lowest BCUT2D eigenvalue weighted by Crippen LogP contribution is -2.30. The van der Waals surface area contributed by atoms with E-state index in [1.165, 1.54) is 36.4 Å². The number of benzene rings is 2. The molecule has 8 nitrogen and oxygen atoms in total. The molecule has 3 amide bonds. The first kappa shape index (κ1) is 19.6. The highest BCUT2D eigenvalue weighted by Crippen LogP contribution is 2.26. The predicted molar refractivity (Wildman–Crippen MR) is 108 cm³/mol. The fourth-order valence-corrected chi connectivity index (χ4v) is 3.61. The highest BCUT2D eigenvalue weighted by Gasteiger charge is 2.33. The van der Waals surface area contributed by atoms with Gasteiger partial charge in [-0.1, -0.05) is 18.2 Å². The summed E-state index contributed by atoms with van der Waals surface area (Å²) >= 11 is 0. The fraction of sp³-hybridized carbons (Fsp3) is 0.238. The van der Waals surface area contributed by atoms with E-state index in [9.17, 15) is 24.1 Å². The smallest absolute Gasteiger partial charge is 0.329 e. The number of nitro groups is 1. The van der Waals surface area contributed by atoms with Gasteiger partial charge >= 0.3 is 6.03 Å². The van der Waals surface area contributed by atoms with Crippen molar-refractivity contribution in [2.45, 2.75) is 19.4 Å². The van der Waals surface area contributed by atoms with Gasteiger partial charge in [0, 0.05) is 25.2 Å². The Kier molecular flexibility index (Phi) is 5.18. The van der Waals surface area contributed by atoms with Crippen LogP contribution in [0.1, 0.15) is 24.0 Å². The molecule has 4 rings (SSSR count). The predicted octanol–water partition coefficient (Wildman–Crippen LogP) is 3.43. The Bertz CT molecular complexity index is 1050. The summed E-state index contributed by atoms with van der Waals surface area (Å²) in [6, 6.07) is 9.76. The van der Waals surface area contributed by atoms with Crippen molar-refractivity contribution in [2.75, 3.05) is 18.0 Å². The first-order chi connectivity index (χ1) is 14.4. The average Bonchev–Trinajstić information content (AvgIpc) is 3.33. The van der Waals surface area contributed by atoms with E-state index in [2.05, 4.69) is 5.32 Å². The summed E-state index contributed by atoms with van der Waals surface area (Å²) in [4.78, 5) is 38.1. The molecule has 9 heteroatoms. The lowest BCUT2D eigenvalue weighted by atomic mass is 10.1. The Hall–Kier alpha value is -3.75. The van der Waals surface area contributed by atoms with E-state index in [1.54, 1.807) is 12.1 Å². The SMILES string of the molecule is O=C1NC(=Cc2ccc(N3CCCC3)c(F)c2)C(=O)N1Cc1ccc([N+](=O)[O-])cc1. The van der Waals surface area contributed by atoms with Crippen LogP contribution in [0.2, 0.25) is 0 Å². The highest BCUT2D eigenvalue weighted by molar-refractivity contribution is 6.13. The number of carbonyl (C=O) groups is 2. The molecule has 154 valence electrons. The number of halogens is 1. The molecule has 2 aliphatic rings. The van der Waals surface area contributed by atoms with Crippen LogP contribution in [0.4, 0.5) is 20.6 Å². The number of nitrogens with one attached hydrogen (secondary N) is 1. The average molecular weight is 410 g/mol. The second kappa shape index (κ2) is 7.94. The summed E-state index contributed by atoms with van der Waals surface area (Å²) in [5.74, 6) is -0.909. The van der Waals surface area contributed by atoms with Crippen molar-refractivity contribution in [3.63, 3.8) is 0 Å². The third-order valence-electron chi connectivity index (χ3n) is 5.18. The summed E-state index contributed by atoms with van der Waals surface area (Å²) in [5.41, 5.74) is 1.56.